The number of esters is 1. The topological polar surface area (TPSA) is 152 Å². The van der Waals surface area contributed by atoms with Crippen LogP contribution in [0.4, 0.5) is 0 Å². The molecular weight excluding hydrogens is 314 g/mol. The molecule has 6 atom stereocenters. The average Bonchev–Trinajstić information content (AvgIpc) is 2.81. The lowest BCUT2D eigenvalue weighted by atomic mass is 9.87. The molecule has 0 spiro atoms. The third-order valence-electron chi connectivity index (χ3n) is 3.95. The number of carbonyl (C=O) groups is 3. The first-order chi connectivity index (χ1) is 10.9. The highest BCUT2D eigenvalue weighted by Gasteiger charge is 2.50. The SMILES string of the molecule is COC(=O)COC1CC([C@@H]2O[C@H](CO)C(O)[C@@H]2O)C(=O)NC1=O. The van der Waals surface area contributed by atoms with Gasteiger partial charge in [0.05, 0.1) is 25.7 Å². The average molecular weight is 333 g/mol. The van der Waals surface area contributed by atoms with Gasteiger partial charge in [0.15, 0.2) is 0 Å². The van der Waals surface area contributed by atoms with E-state index < -0.39 is 67.4 Å². The third-order valence-corrected chi connectivity index (χ3v) is 3.95. The number of imide groups is 1. The van der Waals surface area contributed by atoms with E-state index in [1.807, 2.05) is 0 Å². The molecule has 2 rings (SSSR count). The first-order valence-electron chi connectivity index (χ1n) is 7.04. The van der Waals surface area contributed by atoms with Crippen LogP contribution in [0.15, 0.2) is 0 Å². The molecule has 2 aliphatic rings. The molecule has 2 amide bonds. The van der Waals surface area contributed by atoms with Gasteiger partial charge in [-0.1, -0.05) is 0 Å². The van der Waals surface area contributed by atoms with Crippen molar-refractivity contribution in [3.8, 4) is 0 Å². The standard InChI is InChI=1S/C13H19NO9/c1-21-8(16)4-22-6-2-5(12(19)14-13(6)20)11-10(18)9(17)7(3-15)23-11/h5-7,9-11,15,17-18H,2-4H2,1H3,(H,14,19,20)/t5?,6?,7-,9?,10+,11+/m1/s1. The van der Waals surface area contributed by atoms with Crippen molar-refractivity contribution in [3.05, 3.63) is 0 Å². The Morgan fingerprint density at radius 2 is 2.00 bits per heavy atom. The zero-order chi connectivity index (χ0) is 17.1. The molecule has 2 aliphatic heterocycles. The van der Waals surface area contributed by atoms with Crippen molar-refractivity contribution in [2.45, 2.75) is 36.9 Å². The van der Waals surface area contributed by atoms with Gasteiger partial charge in [-0.05, 0) is 6.42 Å². The van der Waals surface area contributed by atoms with Crippen molar-refractivity contribution in [2.24, 2.45) is 5.92 Å². The van der Waals surface area contributed by atoms with E-state index in [4.69, 9.17) is 14.6 Å². The Kier molecular flexibility index (Phi) is 5.65. The van der Waals surface area contributed by atoms with E-state index in [1.165, 1.54) is 0 Å². The van der Waals surface area contributed by atoms with Gasteiger partial charge in [0.1, 0.15) is 31.0 Å². The van der Waals surface area contributed by atoms with Crippen LogP contribution in [-0.4, -0.2) is 83.9 Å². The van der Waals surface area contributed by atoms with E-state index >= 15 is 0 Å². The van der Waals surface area contributed by atoms with Gasteiger partial charge in [-0.2, -0.15) is 0 Å². The Hall–Kier alpha value is -1.59. The highest BCUT2D eigenvalue weighted by atomic mass is 16.6. The van der Waals surface area contributed by atoms with Gasteiger partial charge < -0.3 is 29.5 Å². The van der Waals surface area contributed by atoms with Gasteiger partial charge in [-0.3, -0.25) is 14.9 Å². The lowest BCUT2D eigenvalue weighted by Gasteiger charge is -2.31. The lowest BCUT2D eigenvalue weighted by Crippen LogP contribution is -2.55. The molecule has 4 N–H and O–H groups in total. The molecule has 0 aromatic rings. The number of ether oxygens (including phenoxy) is 3. The normalized spacial score (nSPS) is 37.6. The van der Waals surface area contributed by atoms with Crippen molar-refractivity contribution in [1.29, 1.82) is 0 Å². The molecule has 0 bridgehead atoms. The molecule has 2 heterocycles. The number of methoxy groups -OCH3 is 1. The minimum Gasteiger partial charge on any atom is -0.467 e. The van der Waals surface area contributed by atoms with Gasteiger partial charge in [0, 0.05) is 0 Å². The van der Waals surface area contributed by atoms with Gasteiger partial charge in [-0.15, -0.1) is 0 Å². The highest BCUT2D eigenvalue weighted by molar-refractivity contribution is 6.01. The molecule has 0 saturated carbocycles. The second kappa shape index (κ2) is 7.32. The van der Waals surface area contributed by atoms with Crippen molar-refractivity contribution < 1.29 is 43.9 Å². The summed E-state index contributed by atoms with van der Waals surface area (Å²) in [5.74, 6) is -3.04. The van der Waals surface area contributed by atoms with Crippen LogP contribution in [0, 0.1) is 5.92 Å². The fourth-order valence-corrected chi connectivity index (χ4v) is 2.65. The van der Waals surface area contributed by atoms with Gasteiger partial charge in [0.2, 0.25) is 5.91 Å². The molecule has 10 heteroatoms. The van der Waals surface area contributed by atoms with Crippen LogP contribution in [0.5, 0.6) is 0 Å². The van der Waals surface area contributed by atoms with Crippen LogP contribution in [0.25, 0.3) is 0 Å². The summed E-state index contributed by atoms with van der Waals surface area (Å²) in [7, 11) is 1.16. The first kappa shape index (κ1) is 17.8. The van der Waals surface area contributed by atoms with E-state index in [0.29, 0.717) is 0 Å². The first-order valence-corrected chi connectivity index (χ1v) is 7.04. The number of nitrogens with one attached hydrogen (secondary N) is 1. The molecule has 3 unspecified atom stereocenters. The Balaban J connectivity index is 2.05. The monoisotopic (exact) mass is 333 g/mol. The molecule has 2 saturated heterocycles. The summed E-state index contributed by atoms with van der Waals surface area (Å²) in [6, 6.07) is 0. The fourth-order valence-electron chi connectivity index (χ4n) is 2.65. The van der Waals surface area contributed by atoms with Crippen LogP contribution in [0.3, 0.4) is 0 Å². The second-order valence-electron chi connectivity index (χ2n) is 5.37. The minimum atomic E-state index is -1.39. The predicted molar refractivity (Wildman–Crippen MR) is 70.8 cm³/mol. The zero-order valence-electron chi connectivity index (χ0n) is 12.4. The summed E-state index contributed by atoms with van der Waals surface area (Å²) < 4.78 is 14.8. The van der Waals surface area contributed by atoms with Crippen LogP contribution < -0.4 is 5.32 Å². The largest absolute Gasteiger partial charge is 0.467 e. The summed E-state index contributed by atoms with van der Waals surface area (Å²) in [4.78, 5) is 34.8. The number of piperidine rings is 1. The molecule has 0 aromatic carbocycles. The minimum absolute atomic E-state index is 0.131. The van der Waals surface area contributed by atoms with Crippen molar-refractivity contribution in [3.63, 3.8) is 0 Å². The van der Waals surface area contributed by atoms with E-state index in [1.54, 1.807) is 0 Å². The number of carbonyl (C=O) groups excluding carboxylic acids is 3. The van der Waals surface area contributed by atoms with Crippen LogP contribution in [0.1, 0.15) is 6.42 Å². The van der Waals surface area contributed by atoms with Crippen LogP contribution in [-0.2, 0) is 28.6 Å². The molecule has 2 fully saturated rings. The molecule has 23 heavy (non-hydrogen) atoms. The third kappa shape index (κ3) is 3.67. The Labute approximate surface area is 131 Å². The quantitative estimate of drug-likeness (QED) is 0.299. The van der Waals surface area contributed by atoms with Gasteiger partial charge >= 0.3 is 5.97 Å². The number of amides is 2. The molecule has 10 nitrogen and oxygen atoms in total. The number of aliphatic hydroxyl groups excluding tert-OH is 3. The molecular formula is C13H19NO9. The van der Waals surface area contributed by atoms with E-state index in [2.05, 4.69) is 10.1 Å². The van der Waals surface area contributed by atoms with Crippen LogP contribution in [0.2, 0.25) is 0 Å². The fraction of sp³-hybridized carbons (Fsp3) is 0.769. The summed E-state index contributed by atoms with van der Waals surface area (Å²) in [5.41, 5.74) is 0. The Morgan fingerprint density at radius 1 is 1.30 bits per heavy atom. The highest BCUT2D eigenvalue weighted by Crippen LogP contribution is 2.31. The van der Waals surface area contributed by atoms with E-state index in [9.17, 15) is 24.6 Å². The molecule has 0 aromatic heterocycles. The molecule has 0 radical (unpaired) electrons. The van der Waals surface area contributed by atoms with Crippen LogP contribution >= 0.6 is 0 Å². The number of rotatable bonds is 5. The van der Waals surface area contributed by atoms with Crippen molar-refractivity contribution in [1.82, 2.24) is 5.32 Å². The van der Waals surface area contributed by atoms with E-state index in [-0.39, 0.29) is 6.42 Å². The summed E-state index contributed by atoms with van der Waals surface area (Å²) in [6.07, 6.45) is -6.08. The Morgan fingerprint density at radius 3 is 2.57 bits per heavy atom. The number of hydrogen-bond donors (Lipinski definition) is 4. The van der Waals surface area contributed by atoms with Gasteiger partial charge in [0.25, 0.3) is 5.91 Å². The smallest absolute Gasteiger partial charge is 0.331 e. The lowest BCUT2D eigenvalue weighted by molar-refractivity contribution is -0.159. The second-order valence-corrected chi connectivity index (χ2v) is 5.37. The Bertz CT molecular complexity index is 482. The summed E-state index contributed by atoms with van der Waals surface area (Å²) in [6.45, 7) is -0.990. The predicted octanol–water partition coefficient (Wildman–Crippen LogP) is -3.31. The summed E-state index contributed by atoms with van der Waals surface area (Å²) in [5, 5.41) is 30.9. The van der Waals surface area contributed by atoms with Gasteiger partial charge in [-0.25, -0.2) is 4.79 Å². The number of hydrogen-bond acceptors (Lipinski definition) is 9. The zero-order valence-corrected chi connectivity index (χ0v) is 12.4. The summed E-state index contributed by atoms with van der Waals surface area (Å²) >= 11 is 0. The maximum Gasteiger partial charge on any atom is 0.331 e. The van der Waals surface area contributed by atoms with E-state index in [0.717, 1.165) is 7.11 Å². The maximum atomic E-state index is 12.0. The number of aliphatic hydroxyl groups is 3. The maximum absolute atomic E-state index is 12.0. The molecule has 0 aliphatic carbocycles. The molecule has 130 valence electrons. The van der Waals surface area contributed by atoms with Crippen molar-refractivity contribution >= 4 is 17.8 Å². The van der Waals surface area contributed by atoms with Crippen molar-refractivity contribution in [2.75, 3.05) is 20.3 Å².